The Bertz CT molecular complexity index is 533. The summed E-state index contributed by atoms with van der Waals surface area (Å²) in [5.74, 6) is -0.993. The Morgan fingerprint density at radius 3 is 2.48 bits per heavy atom. The molecule has 1 amide bonds. The number of piperidine rings is 1. The molecule has 1 aromatic rings. The molecule has 1 aliphatic rings. The number of rotatable bonds is 3. The highest BCUT2D eigenvalue weighted by Gasteiger charge is 2.29. The maximum absolute atomic E-state index is 12.2. The van der Waals surface area contributed by atoms with Crippen LogP contribution in [0, 0.1) is 5.92 Å². The van der Waals surface area contributed by atoms with E-state index in [9.17, 15) is 9.90 Å². The van der Waals surface area contributed by atoms with Gasteiger partial charge in [0.05, 0.1) is 12.5 Å². The number of carbonyl (C=O) groups excluding carboxylic acids is 1. The predicted molar refractivity (Wildman–Crippen MR) is 86.2 cm³/mol. The first-order valence-corrected chi connectivity index (χ1v) is 7.72. The molecule has 1 heterocycles. The molecule has 0 saturated carbocycles. The fraction of sp³-hybridized carbons (Fsp3) is 0.500. The number of aliphatic hydroxyl groups is 2. The number of hydrogen-bond acceptors (Lipinski definition) is 4. The highest BCUT2D eigenvalue weighted by Crippen LogP contribution is 2.20. The first-order valence-electron chi connectivity index (χ1n) is 7.34. The summed E-state index contributed by atoms with van der Waals surface area (Å²) in [7, 11) is 0. The van der Waals surface area contributed by atoms with E-state index >= 15 is 0 Å². The second-order valence-electron chi connectivity index (χ2n) is 5.43. The predicted octanol–water partition coefficient (Wildman–Crippen LogP) is 1.18. The van der Waals surface area contributed by atoms with Gasteiger partial charge in [-0.2, -0.15) is 0 Å². The lowest BCUT2D eigenvalue weighted by Gasteiger charge is -2.35. The average molecular weight is 344 g/mol. The number of amides is 1. The Morgan fingerprint density at radius 2 is 1.96 bits per heavy atom. The van der Waals surface area contributed by atoms with Crippen LogP contribution in [0.5, 0.6) is 0 Å². The fourth-order valence-electron chi connectivity index (χ4n) is 2.34. The highest BCUT2D eigenvalue weighted by atomic mass is 35.5. The maximum Gasteiger partial charge on any atom is 0.300 e. The minimum atomic E-state index is -0.833. The van der Waals surface area contributed by atoms with E-state index in [-0.39, 0.29) is 31.4 Å². The molecule has 2 atom stereocenters. The average Bonchev–Trinajstić information content (AvgIpc) is 2.49. The van der Waals surface area contributed by atoms with Crippen LogP contribution in [0.1, 0.15) is 18.9 Å². The van der Waals surface area contributed by atoms with Gasteiger partial charge in [0.15, 0.2) is 0 Å². The van der Waals surface area contributed by atoms with Crippen molar-refractivity contribution < 1.29 is 24.9 Å². The normalized spacial score (nSPS) is 20.4. The Kier molecular flexibility index (Phi) is 8.02. The standard InChI is InChI=1S/C14H18ClNO3.C2H4O2/c15-12-4-2-1-3-10(12)7-14(19)16-6-5-11(9-17)13(18)8-16;1-2(3)4/h1-4,11,13,17-18H,5-9H2;1H3,(H,3,4)/t11-,13+;/m1./s1. The quantitative estimate of drug-likeness (QED) is 0.765. The number of carboxylic acid groups (broad SMARTS) is 1. The van der Waals surface area contributed by atoms with Gasteiger partial charge in [-0.3, -0.25) is 9.59 Å². The zero-order valence-corrected chi connectivity index (χ0v) is 13.7. The van der Waals surface area contributed by atoms with Crippen molar-refractivity contribution in [2.24, 2.45) is 5.92 Å². The Labute approximate surface area is 140 Å². The van der Waals surface area contributed by atoms with Gasteiger partial charge < -0.3 is 20.2 Å². The van der Waals surface area contributed by atoms with E-state index in [1.165, 1.54) is 0 Å². The van der Waals surface area contributed by atoms with Crippen molar-refractivity contribution >= 4 is 23.5 Å². The molecule has 0 radical (unpaired) electrons. The van der Waals surface area contributed by atoms with Crippen LogP contribution < -0.4 is 0 Å². The molecular formula is C16H22ClNO5. The van der Waals surface area contributed by atoms with Gasteiger partial charge in [0.25, 0.3) is 5.97 Å². The van der Waals surface area contributed by atoms with E-state index in [4.69, 9.17) is 26.6 Å². The summed E-state index contributed by atoms with van der Waals surface area (Å²) in [5.41, 5.74) is 0.799. The van der Waals surface area contributed by atoms with Crippen molar-refractivity contribution in [3.05, 3.63) is 34.9 Å². The van der Waals surface area contributed by atoms with Gasteiger partial charge in [-0.1, -0.05) is 29.8 Å². The lowest BCUT2D eigenvalue weighted by atomic mass is 9.94. The van der Waals surface area contributed by atoms with Crippen molar-refractivity contribution in [1.29, 1.82) is 0 Å². The molecule has 1 aliphatic heterocycles. The van der Waals surface area contributed by atoms with Gasteiger partial charge in [0, 0.05) is 37.6 Å². The molecule has 0 aliphatic carbocycles. The van der Waals surface area contributed by atoms with Crippen molar-refractivity contribution in [2.45, 2.75) is 25.9 Å². The number of aliphatic carboxylic acids is 1. The minimum absolute atomic E-state index is 0.0340. The van der Waals surface area contributed by atoms with Gasteiger partial charge in [-0.25, -0.2) is 0 Å². The molecule has 1 saturated heterocycles. The Hall–Kier alpha value is -1.63. The second-order valence-corrected chi connectivity index (χ2v) is 5.83. The largest absolute Gasteiger partial charge is 0.481 e. The smallest absolute Gasteiger partial charge is 0.300 e. The van der Waals surface area contributed by atoms with Gasteiger partial charge in [0.2, 0.25) is 5.91 Å². The summed E-state index contributed by atoms with van der Waals surface area (Å²) < 4.78 is 0. The summed E-state index contributed by atoms with van der Waals surface area (Å²) in [6.45, 7) is 1.91. The summed E-state index contributed by atoms with van der Waals surface area (Å²) >= 11 is 6.03. The third kappa shape index (κ3) is 6.56. The lowest BCUT2D eigenvalue weighted by molar-refractivity contribution is -0.136. The van der Waals surface area contributed by atoms with E-state index in [0.29, 0.717) is 18.0 Å². The molecule has 0 bridgehead atoms. The third-order valence-electron chi connectivity index (χ3n) is 3.61. The first kappa shape index (κ1) is 19.4. The van der Waals surface area contributed by atoms with Crippen molar-refractivity contribution in [3.8, 4) is 0 Å². The van der Waals surface area contributed by atoms with Crippen LogP contribution in [0.15, 0.2) is 24.3 Å². The van der Waals surface area contributed by atoms with Crippen LogP contribution >= 0.6 is 11.6 Å². The summed E-state index contributed by atoms with van der Waals surface area (Å²) in [6.07, 6.45) is 0.233. The van der Waals surface area contributed by atoms with Crippen molar-refractivity contribution in [3.63, 3.8) is 0 Å². The molecular weight excluding hydrogens is 322 g/mol. The van der Waals surface area contributed by atoms with Crippen molar-refractivity contribution in [1.82, 2.24) is 4.90 Å². The van der Waals surface area contributed by atoms with Crippen LogP contribution in [0.3, 0.4) is 0 Å². The van der Waals surface area contributed by atoms with E-state index in [1.54, 1.807) is 11.0 Å². The maximum atomic E-state index is 12.2. The zero-order valence-electron chi connectivity index (χ0n) is 13.0. The van der Waals surface area contributed by atoms with E-state index in [1.807, 2.05) is 18.2 Å². The zero-order chi connectivity index (χ0) is 17.4. The molecule has 1 aromatic carbocycles. The molecule has 3 N–H and O–H groups in total. The number of β-amino-alcohol motifs (C(OH)–C–C–N with tert-alkyl or cyclic N) is 1. The molecule has 7 heteroatoms. The van der Waals surface area contributed by atoms with E-state index < -0.39 is 12.1 Å². The summed E-state index contributed by atoms with van der Waals surface area (Å²) in [4.78, 5) is 22.8. The van der Waals surface area contributed by atoms with E-state index in [0.717, 1.165) is 12.5 Å². The van der Waals surface area contributed by atoms with Crippen LogP contribution in [-0.4, -0.2) is 57.9 Å². The summed E-state index contributed by atoms with van der Waals surface area (Å²) in [5, 5.41) is 26.9. The number of likely N-dealkylation sites (tertiary alicyclic amines) is 1. The van der Waals surface area contributed by atoms with Gasteiger partial charge in [0.1, 0.15) is 0 Å². The van der Waals surface area contributed by atoms with Crippen LogP contribution in [0.2, 0.25) is 5.02 Å². The minimum Gasteiger partial charge on any atom is -0.481 e. The number of aliphatic hydroxyl groups excluding tert-OH is 2. The molecule has 2 rings (SSSR count). The number of halogens is 1. The van der Waals surface area contributed by atoms with Crippen LogP contribution in [0.4, 0.5) is 0 Å². The number of hydrogen-bond donors (Lipinski definition) is 3. The number of carbonyl (C=O) groups is 2. The van der Waals surface area contributed by atoms with Crippen molar-refractivity contribution in [2.75, 3.05) is 19.7 Å². The second kappa shape index (κ2) is 9.50. The third-order valence-corrected chi connectivity index (χ3v) is 3.98. The van der Waals surface area contributed by atoms with Crippen LogP contribution in [0.25, 0.3) is 0 Å². The Balaban J connectivity index is 0.000000593. The molecule has 0 aromatic heterocycles. The number of benzene rings is 1. The lowest BCUT2D eigenvalue weighted by Crippen LogP contribution is -2.48. The topological polar surface area (TPSA) is 98.1 Å². The van der Waals surface area contributed by atoms with Gasteiger partial charge >= 0.3 is 0 Å². The van der Waals surface area contributed by atoms with Gasteiger partial charge in [-0.15, -0.1) is 0 Å². The molecule has 0 unspecified atom stereocenters. The van der Waals surface area contributed by atoms with Crippen LogP contribution in [-0.2, 0) is 16.0 Å². The highest BCUT2D eigenvalue weighted by molar-refractivity contribution is 6.31. The monoisotopic (exact) mass is 343 g/mol. The molecule has 1 fully saturated rings. The molecule has 0 spiro atoms. The molecule has 128 valence electrons. The number of nitrogens with zero attached hydrogens (tertiary/aromatic N) is 1. The number of carboxylic acids is 1. The SMILES string of the molecule is CC(=O)O.O=C(Cc1ccccc1Cl)N1CC[C@H](CO)[C@@H](O)C1. The van der Waals surface area contributed by atoms with Gasteiger partial charge in [-0.05, 0) is 18.1 Å². The summed E-state index contributed by atoms with van der Waals surface area (Å²) in [6, 6.07) is 7.27. The first-order chi connectivity index (χ1) is 10.8. The fourth-order valence-corrected chi connectivity index (χ4v) is 2.54. The van der Waals surface area contributed by atoms with E-state index in [2.05, 4.69) is 0 Å². The Morgan fingerprint density at radius 1 is 1.35 bits per heavy atom. The molecule has 23 heavy (non-hydrogen) atoms. The molecule has 6 nitrogen and oxygen atoms in total.